The summed E-state index contributed by atoms with van der Waals surface area (Å²) < 4.78 is 5.10. The Morgan fingerprint density at radius 3 is 2.40 bits per heavy atom. The molecule has 0 unspecified atom stereocenters. The lowest BCUT2D eigenvalue weighted by Gasteiger charge is -2.10. The molecule has 0 aromatic heterocycles. The van der Waals surface area contributed by atoms with E-state index in [1.807, 2.05) is 12.1 Å². The molecule has 0 saturated carbocycles. The summed E-state index contributed by atoms with van der Waals surface area (Å²) in [5.41, 5.74) is 1.29. The molecular formula is C12H20N2O. The Labute approximate surface area is 92.0 Å². The zero-order chi connectivity index (χ0) is 11.1. The molecule has 0 bridgehead atoms. The van der Waals surface area contributed by atoms with E-state index in [9.17, 15) is 0 Å². The van der Waals surface area contributed by atoms with E-state index in [1.54, 1.807) is 7.11 Å². The first kappa shape index (κ1) is 12.0. The minimum Gasteiger partial charge on any atom is -0.497 e. The molecule has 0 radical (unpaired) electrons. The summed E-state index contributed by atoms with van der Waals surface area (Å²) >= 11 is 0. The van der Waals surface area contributed by atoms with Gasteiger partial charge in [-0.25, -0.2) is 0 Å². The molecule has 1 N–H and O–H groups in total. The molecule has 0 aliphatic carbocycles. The minimum atomic E-state index is 0.909. The Hall–Kier alpha value is -1.06. The van der Waals surface area contributed by atoms with Gasteiger partial charge in [-0.15, -0.1) is 0 Å². The third kappa shape index (κ3) is 4.81. The average Bonchev–Trinajstić information content (AvgIpc) is 2.25. The zero-order valence-electron chi connectivity index (χ0n) is 9.79. The van der Waals surface area contributed by atoms with E-state index in [0.717, 1.165) is 25.4 Å². The second-order valence-corrected chi connectivity index (χ2v) is 3.83. The number of benzene rings is 1. The van der Waals surface area contributed by atoms with Crippen molar-refractivity contribution in [3.05, 3.63) is 29.8 Å². The van der Waals surface area contributed by atoms with Crippen LogP contribution in [0, 0.1) is 0 Å². The van der Waals surface area contributed by atoms with Gasteiger partial charge < -0.3 is 15.0 Å². The van der Waals surface area contributed by atoms with Gasteiger partial charge in [0.1, 0.15) is 5.75 Å². The lowest BCUT2D eigenvalue weighted by molar-refractivity contribution is 0.399. The summed E-state index contributed by atoms with van der Waals surface area (Å²) in [6.45, 7) is 2.99. The minimum absolute atomic E-state index is 0.909. The quantitative estimate of drug-likeness (QED) is 0.714. The highest BCUT2D eigenvalue weighted by molar-refractivity contribution is 5.26. The molecular weight excluding hydrogens is 188 g/mol. The van der Waals surface area contributed by atoms with Gasteiger partial charge in [0.25, 0.3) is 0 Å². The molecule has 84 valence electrons. The molecule has 0 amide bonds. The van der Waals surface area contributed by atoms with Crippen molar-refractivity contribution in [3.8, 4) is 5.75 Å². The molecule has 15 heavy (non-hydrogen) atoms. The van der Waals surface area contributed by atoms with Gasteiger partial charge in [0.2, 0.25) is 0 Å². The fraction of sp³-hybridized carbons (Fsp3) is 0.500. The lowest BCUT2D eigenvalue weighted by Crippen LogP contribution is -2.26. The molecule has 1 rings (SSSR count). The van der Waals surface area contributed by atoms with Crippen LogP contribution in [0.5, 0.6) is 5.75 Å². The monoisotopic (exact) mass is 208 g/mol. The van der Waals surface area contributed by atoms with Crippen molar-refractivity contribution in [1.29, 1.82) is 0 Å². The number of likely N-dealkylation sites (N-methyl/N-ethyl adjacent to an activating group) is 1. The Morgan fingerprint density at radius 1 is 1.20 bits per heavy atom. The highest BCUT2D eigenvalue weighted by Gasteiger charge is 1.94. The predicted molar refractivity (Wildman–Crippen MR) is 63.3 cm³/mol. The number of rotatable bonds is 6. The van der Waals surface area contributed by atoms with E-state index < -0.39 is 0 Å². The van der Waals surface area contributed by atoms with Gasteiger partial charge in [0.15, 0.2) is 0 Å². The SMILES string of the molecule is COc1ccc(CNCCN(C)C)cc1. The topological polar surface area (TPSA) is 24.5 Å². The maximum atomic E-state index is 5.10. The van der Waals surface area contributed by atoms with Crippen LogP contribution in [0.4, 0.5) is 0 Å². The molecule has 0 saturated heterocycles. The highest BCUT2D eigenvalue weighted by Crippen LogP contribution is 2.10. The van der Waals surface area contributed by atoms with Gasteiger partial charge >= 0.3 is 0 Å². The van der Waals surface area contributed by atoms with Crippen LogP contribution in [0.2, 0.25) is 0 Å². The third-order valence-electron chi connectivity index (χ3n) is 2.22. The van der Waals surface area contributed by atoms with E-state index >= 15 is 0 Å². The van der Waals surface area contributed by atoms with Crippen molar-refractivity contribution in [2.45, 2.75) is 6.54 Å². The van der Waals surface area contributed by atoms with Crippen LogP contribution >= 0.6 is 0 Å². The van der Waals surface area contributed by atoms with Gasteiger partial charge in [0, 0.05) is 19.6 Å². The number of ether oxygens (including phenoxy) is 1. The smallest absolute Gasteiger partial charge is 0.118 e. The van der Waals surface area contributed by atoms with Crippen molar-refractivity contribution in [3.63, 3.8) is 0 Å². The first-order valence-electron chi connectivity index (χ1n) is 5.21. The van der Waals surface area contributed by atoms with Gasteiger partial charge in [-0.1, -0.05) is 12.1 Å². The Balaban J connectivity index is 2.25. The Bertz CT molecular complexity index is 269. The first-order valence-corrected chi connectivity index (χ1v) is 5.21. The van der Waals surface area contributed by atoms with Crippen molar-refractivity contribution >= 4 is 0 Å². The number of nitrogens with zero attached hydrogens (tertiary/aromatic N) is 1. The van der Waals surface area contributed by atoms with Gasteiger partial charge in [-0.05, 0) is 31.8 Å². The fourth-order valence-corrected chi connectivity index (χ4v) is 1.28. The van der Waals surface area contributed by atoms with Crippen molar-refractivity contribution < 1.29 is 4.74 Å². The van der Waals surface area contributed by atoms with E-state index in [-0.39, 0.29) is 0 Å². The summed E-state index contributed by atoms with van der Waals surface area (Å²) in [5.74, 6) is 0.909. The number of hydrogen-bond donors (Lipinski definition) is 1. The number of methoxy groups -OCH3 is 1. The first-order chi connectivity index (χ1) is 7.22. The van der Waals surface area contributed by atoms with E-state index in [4.69, 9.17) is 4.74 Å². The van der Waals surface area contributed by atoms with Crippen LogP contribution in [0.3, 0.4) is 0 Å². The number of nitrogens with one attached hydrogen (secondary N) is 1. The van der Waals surface area contributed by atoms with E-state index in [2.05, 4.69) is 36.4 Å². The Morgan fingerprint density at radius 2 is 1.87 bits per heavy atom. The third-order valence-corrected chi connectivity index (χ3v) is 2.22. The summed E-state index contributed by atoms with van der Waals surface area (Å²) in [4.78, 5) is 2.17. The lowest BCUT2D eigenvalue weighted by atomic mass is 10.2. The van der Waals surface area contributed by atoms with E-state index in [1.165, 1.54) is 5.56 Å². The molecule has 0 heterocycles. The van der Waals surface area contributed by atoms with Crippen LogP contribution < -0.4 is 10.1 Å². The standard InChI is InChI=1S/C12H20N2O/c1-14(2)9-8-13-10-11-4-6-12(15-3)7-5-11/h4-7,13H,8-10H2,1-3H3. The van der Waals surface area contributed by atoms with Crippen LogP contribution in [0.25, 0.3) is 0 Å². The van der Waals surface area contributed by atoms with Crippen molar-refractivity contribution in [2.24, 2.45) is 0 Å². The summed E-state index contributed by atoms with van der Waals surface area (Å²) in [6, 6.07) is 8.15. The maximum absolute atomic E-state index is 5.10. The normalized spacial score (nSPS) is 10.7. The molecule has 3 nitrogen and oxygen atoms in total. The average molecular weight is 208 g/mol. The van der Waals surface area contributed by atoms with Gasteiger partial charge in [-0.3, -0.25) is 0 Å². The van der Waals surface area contributed by atoms with Crippen molar-refractivity contribution in [2.75, 3.05) is 34.3 Å². The molecule has 0 fully saturated rings. The van der Waals surface area contributed by atoms with Gasteiger partial charge in [0.05, 0.1) is 7.11 Å². The second kappa shape index (κ2) is 6.43. The van der Waals surface area contributed by atoms with Crippen LogP contribution in [-0.4, -0.2) is 39.2 Å². The maximum Gasteiger partial charge on any atom is 0.118 e. The summed E-state index contributed by atoms with van der Waals surface area (Å²) in [7, 11) is 5.84. The van der Waals surface area contributed by atoms with Gasteiger partial charge in [-0.2, -0.15) is 0 Å². The number of hydrogen-bond acceptors (Lipinski definition) is 3. The molecule has 0 aliphatic rings. The fourth-order valence-electron chi connectivity index (χ4n) is 1.28. The molecule has 1 aromatic carbocycles. The molecule has 1 aromatic rings. The molecule has 0 spiro atoms. The predicted octanol–water partition coefficient (Wildman–Crippen LogP) is 1.35. The van der Waals surface area contributed by atoms with Crippen LogP contribution in [-0.2, 0) is 6.54 Å². The largest absolute Gasteiger partial charge is 0.497 e. The summed E-state index contributed by atoms with van der Waals surface area (Å²) in [5, 5.41) is 3.39. The molecule has 0 aliphatic heterocycles. The second-order valence-electron chi connectivity index (χ2n) is 3.83. The van der Waals surface area contributed by atoms with E-state index in [0.29, 0.717) is 0 Å². The Kier molecular flexibility index (Phi) is 5.15. The molecule has 0 atom stereocenters. The highest BCUT2D eigenvalue weighted by atomic mass is 16.5. The van der Waals surface area contributed by atoms with Crippen molar-refractivity contribution in [1.82, 2.24) is 10.2 Å². The van der Waals surface area contributed by atoms with Crippen LogP contribution in [0.15, 0.2) is 24.3 Å². The summed E-state index contributed by atoms with van der Waals surface area (Å²) in [6.07, 6.45) is 0. The van der Waals surface area contributed by atoms with Crippen LogP contribution in [0.1, 0.15) is 5.56 Å². The zero-order valence-corrected chi connectivity index (χ0v) is 9.79. The molecule has 3 heteroatoms.